The van der Waals surface area contributed by atoms with E-state index < -0.39 is 10.0 Å². The molecule has 0 aliphatic carbocycles. The predicted octanol–water partition coefficient (Wildman–Crippen LogP) is 2.21. The zero-order chi connectivity index (χ0) is 19.3. The molecular weight excluding hydrogens is 362 g/mol. The van der Waals surface area contributed by atoms with Crippen molar-refractivity contribution in [3.8, 4) is 0 Å². The van der Waals surface area contributed by atoms with Crippen molar-refractivity contribution in [1.29, 1.82) is 0 Å². The number of carbonyl (C=O) groups excluding carboxylic acids is 1. The normalized spacial score (nSPS) is 11.6. The molecule has 1 aromatic heterocycles. The lowest BCUT2D eigenvalue weighted by atomic mass is 10.1. The van der Waals surface area contributed by atoms with Gasteiger partial charge in [-0.3, -0.25) is 9.78 Å². The Morgan fingerprint density at radius 3 is 2.63 bits per heavy atom. The molecule has 0 spiro atoms. The van der Waals surface area contributed by atoms with E-state index in [0.717, 1.165) is 15.3 Å². The maximum Gasteiger partial charge on any atom is 0.243 e. The Balaban J connectivity index is 1.65. The molecule has 1 heterocycles. The highest BCUT2D eigenvalue weighted by atomic mass is 32.2. The second-order valence-electron chi connectivity index (χ2n) is 6.20. The molecule has 0 unspecified atom stereocenters. The van der Waals surface area contributed by atoms with Crippen LogP contribution >= 0.6 is 0 Å². The molecule has 0 saturated heterocycles. The van der Waals surface area contributed by atoms with Gasteiger partial charge < -0.3 is 5.32 Å². The van der Waals surface area contributed by atoms with Crippen LogP contribution in [-0.4, -0.2) is 43.8 Å². The van der Waals surface area contributed by atoms with E-state index in [-0.39, 0.29) is 17.3 Å². The first kappa shape index (κ1) is 19.0. The van der Waals surface area contributed by atoms with Crippen LogP contribution in [0.25, 0.3) is 10.8 Å². The number of sulfonamides is 1. The molecule has 27 heavy (non-hydrogen) atoms. The number of aromatic nitrogens is 1. The fourth-order valence-electron chi connectivity index (χ4n) is 2.82. The van der Waals surface area contributed by atoms with Gasteiger partial charge in [0, 0.05) is 36.8 Å². The zero-order valence-corrected chi connectivity index (χ0v) is 15.8. The van der Waals surface area contributed by atoms with Gasteiger partial charge in [0.1, 0.15) is 0 Å². The topological polar surface area (TPSA) is 79.4 Å². The quantitative estimate of drug-likeness (QED) is 0.678. The molecule has 2 aromatic carbocycles. The minimum absolute atomic E-state index is 0.169. The van der Waals surface area contributed by atoms with Crippen molar-refractivity contribution in [2.45, 2.75) is 11.3 Å². The van der Waals surface area contributed by atoms with Gasteiger partial charge in [-0.05, 0) is 24.1 Å². The fraction of sp³-hybridized carbons (Fsp3) is 0.200. The molecule has 1 amide bonds. The monoisotopic (exact) mass is 383 g/mol. The molecule has 0 fully saturated rings. The van der Waals surface area contributed by atoms with E-state index in [1.165, 1.54) is 7.05 Å². The van der Waals surface area contributed by atoms with Crippen LogP contribution in [0.5, 0.6) is 0 Å². The standard InChI is InChI=1S/C20H21N3O3S/c1-23(15-20(24)22-13-10-16-6-3-2-4-7-16)27(25,26)19-9-5-8-17-14-21-12-11-18(17)19/h2-9,11-12,14H,10,13,15H2,1H3,(H,22,24). The highest BCUT2D eigenvalue weighted by Gasteiger charge is 2.24. The van der Waals surface area contributed by atoms with Gasteiger partial charge in [-0.1, -0.05) is 42.5 Å². The number of pyridine rings is 1. The Morgan fingerprint density at radius 2 is 1.85 bits per heavy atom. The van der Waals surface area contributed by atoms with Crippen molar-refractivity contribution < 1.29 is 13.2 Å². The number of nitrogens with one attached hydrogen (secondary N) is 1. The summed E-state index contributed by atoms with van der Waals surface area (Å²) >= 11 is 0. The molecular formula is C20H21N3O3S. The van der Waals surface area contributed by atoms with Crippen LogP contribution in [0.1, 0.15) is 5.56 Å². The van der Waals surface area contributed by atoms with Crippen LogP contribution < -0.4 is 5.32 Å². The Labute approximate surface area is 158 Å². The molecule has 0 aliphatic rings. The maximum absolute atomic E-state index is 12.9. The van der Waals surface area contributed by atoms with Gasteiger partial charge in [0.05, 0.1) is 11.4 Å². The minimum atomic E-state index is -3.79. The molecule has 140 valence electrons. The first-order chi connectivity index (χ1) is 13.0. The summed E-state index contributed by atoms with van der Waals surface area (Å²) in [6, 6.07) is 16.5. The molecule has 0 bridgehead atoms. The van der Waals surface area contributed by atoms with Gasteiger partial charge in [-0.25, -0.2) is 8.42 Å². The Hall–Kier alpha value is -2.77. The molecule has 1 N–H and O–H groups in total. The summed E-state index contributed by atoms with van der Waals surface area (Å²) in [5, 5.41) is 4.09. The second kappa shape index (κ2) is 8.28. The van der Waals surface area contributed by atoms with Crippen LogP contribution in [-0.2, 0) is 21.2 Å². The Morgan fingerprint density at radius 1 is 1.07 bits per heavy atom. The minimum Gasteiger partial charge on any atom is -0.355 e. The fourth-order valence-corrected chi connectivity index (χ4v) is 4.16. The van der Waals surface area contributed by atoms with Crippen LogP contribution in [0.15, 0.2) is 71.9 Å². The number of rotatable bonds is 7. The first-order valence-corrected chi connectivity index (χ1v) is 10.0. The molecule has 0 saturated carbocycles. The zero-order valence-electron chi connectivity index (χ0n) is 15.0. The lowest BCUT2D eigenvalue weighted by Gasteiger charge is -2.18. The number of hydrogen-bond donors (Lipinski definition) is 1. The SMILES string of the molecule is CN(CC(=O)NCCc1ccccc1)S(=O)(=O)c1cccc2cnccc12. The highest BCUT2D eigenvalue weighted by Crippen LogP contribution is 2.24. The summed E-state index contributed by atoms with van der Waals surface area (Å²) in [6.45, 7) is 0.218. The molecule has 6 nitrogen and oxygen atoms in total. The third kappa shape index (κ3) is 4.50. The molecule has 3 aromatic rings. The van der Waals surface area contributed by atoms with Gasteiger partial charge in [0.25, 0.3) is 0 Å². The molecule has 3 rings (SSSR count). The summed E-state index contributed by atoms with van der Waals surface area (Å²) in [5.41, 5.74) is 1.11. The van der Waals surface area contributed by atoms with E-state index >= 15 is 0 Å². The summed E-state index contributed by atoms with van der Waals surface area (Å²) in [7, 11) is -2.38. The van der Waals surface area contributed by atoms with Crippen LogP contribution in [0.2, 0.25) is 0 Å². The average molecular weight is 383 g/mol. The van der Waals surface area contributed by atoms with E-state index in [2.05, 4.69) is 10.3 Å². The Kier molecular flexibility index (Phi) is 5.83. The van der Waals surface area contributed by atoms with Gasteiger partial charge in [0.15, 0.2) is 0 Å². The van der Waals surface area contributed by atoms with Crippen LogP contribution in [0, 0.1) is 0 Å². The number of carbonyl (C=O) groups is 1. The molecule has 0 aliphatic heterocycles. The number of benzene rings is 2. The van der Waals surface area contributed by atoms with E-state index in [9.17, 15) is 13.2 Å². The number of nitrogens with zero attached hydrogens (tertiary/aromatic N) is 2. The summed E-state index contributed by atoms with van der Waals surface area (Å²) in [4.78, 5) is 16.3. The van der Waals surface area contributed by atoms with E-state index in [1.807, 2.05) is 30.3 Å². The average Bonchev–Trinajstić information content (AvgIpc) is 2.68. The van der Waals surface area contributed by atoms with Crippen molar-refractivity contribution in [2.75, 3.05) is 20.1 Å². The molecule has 0 atom stereocenters. The van der Waals surface area contributed by atoms with Crippen LogP contribution in [0.3, 0.4) is 0 Å². The highest BCUT2D eigenvalue weighted by molar-refractivity contribution is 7.89. The predicted molar refractivity (Wildman–Crippen MR) is 105 cm³/mol. The third-order valence-corrected chi connectivity index (χ3v) is 6.14. The largest absolute Gasteiger partial charge is 0.355 e. The smallest absolute Gasteiger partial charge is 0.243 e. The van der Waals surface area contributed by atoms with Crippen LogP contribution in [0.4, 0.5) is 0 Å². The lowest BCUT2D eigenvalue weighted by Crippen LogP contribution is -2.39. The van der Waals surface area contributed by atoms with Crippen molar-refractivity contribution in [3.63, 3.8) is 0 Å². The molecule has 0 radical (unpaired) electrons. The van der Waals surface area contributed by atoms with E-state index in [4.69, 9.17) is 0 Å². The van der Waals surface area contributed by atoms with Gasteiger partial charge >= 0.3 is 0 Å². The third-order valence-electron chi connectivity index (χ3n) is 4.27. The van der Waals surface area contributed by atoms with Crippen molar-refractivity contribution in [1.82, 2.24) is 14.6 Å². The van der Waals surface area contributed by atoms with Gasteiger partial charge in [0.2, 0.25) is 15.9 Å². The summed E-state index contributed by atoms with van der Waals surface area (Å²) < 4.78 is 26.9. The van der Waals surface area contributed by atoms with Crippen molar-refractivity contribution >= 4 is 26.7 Å². The summed E-state index contributed by atoms with van der Waals surface area (Å²) in [5.74, 6) is -0.334. The number of hydrogen-bond acceptors (Lipinski definition) is 4. The van der Waals surface area contributed by atoms with Gasteiger partial charge in [-0.2, -0.15) is 4.31 Å². The molecule has 7 heteroatoms. The van der Waals surface area contributed by atoms with Crippen molar-refractivity contribution in [2.24, 2.45) is 0 Å². The second-order valence-corrected chi connectivity index (χ2v) is 8.21. The van der Waals surface area contributed by atoms with E-state index in [0.29, 0.717) is 18.4 Å². The van der Waals surface area contributed by atoms with E-state index in [1.54, 1.807) is 36.7 Å². The van der Waals surface area contributed by atoms with Crippen molar-refractivity contribution in [3.05, 3.63) is 72.6 Å². The first-order valence-electron chi connectivity index (χ1n) is 8.58. The number of likely N-dealkylation sites (N-methyl/N-ethyl adjacent to an activating group) is 1. The lowest BCUT2D eigenvalue weighted by molar-refractivity contribution is -0.121. The number of fused-ring (bicyclic) bond motifs is 1. The number of amides is 1. The Bertz CT molecular complexity index is 1030. The summed E-state index contributed by atoms with van der Waals surface area (Å²) in [6.07, 6.45) is 3.86. The maximum atomic E-state index is 12.9. The van der Waals surface area contributed by atoms with Gasteiger partial charge in [-0.15, -0.1) is 0 Å².